The number of aromatic nitrogens is 4. The lowest BCUT2D eigenvalue weighted by Crippen LogP contribution is -1.98. The molecule has 4 aromatic rings. The Balaban J connectivity index is 1.53. The van der Waals surface area contributed by atoms with Crippen molar-refractivity contribution in [2.24, 2.45) is 7.05 Å². The number of aryl methyl sites for hydroxylation is 2. The Morgan fingerprint density at radius 1 is 1.12 bits per heavy atom. The summed E-state index contributed by atoms with van der Waals surface area (Å²) in [5.74, 6) is 0. The van der Waals surface area contributed by atoms with Crippen molar-refractivity contribution in [3.63, 3.8) is 0 Å². The van der Waals surface area contributed by atoms with Gasteiger partial charge in [-0.25, -0.2) is 4.98 Å². The quantitative estimate of drug-likeness (QED) is 0.596. The van der Waals surface area contributed by atoms with Crippen LogP contribution in [0.25, 0.3) is 16.9 Å². The first kappa shape index (κ1) is 15.7. The van der Waals surface area contributed by atoms with Gasteiger partial charge >= 0.3 is 0 Å². The molecule has 0 aliphatic rings. The standard InChI is InChI=1S/C19H18ClN5/c1-13-4-3-9-25-12-17(22-19(13)25)14-5-7-16(8-6-14)21-10-15-11-24(2)23-18(15)20/h3-9,11-12,21H,10H2,1-2H3. The Morgan fingerprint density at radius 3 is 2.60 bits per heavy atom. The Hall–Kier alpha value is -2.79. The van der Waals surface area contributed by atoms with Crippen molar-refractivity contribution in [3.05, 3.63) is 71.3 Å². The zero-order chi connectivity index (χ0) is 17.4. The third-order valence-electron chi connectivity index (χ3n) is 4.19. The maximum atomic E-state index is 6.09. The number of halogens is 1. The SMILES string of the molecule is Cc1cccn2cc(-c3ccc(NCc4cn(C)nc4Cl)cc3)nc12. The molecular formula is C19H18ClN5. The van der Waals surface area contributed by atoms with Gasteiger partial charge in [0.1, 0.15) is 5.65 Å². The van der Waals surface area contributed by atoms with E-state index in [1.165, 1.54) is 5.56 Å². The fourth-order valence-electron chi connectivity index (χ4n) is 2.88. The molecule has 0 radical (unpaired) electrons. The number of nitrogens with one attached hydrogen (secondary N) is 1. The lowest BCUT2D eigenvalue weighted by atomic mass is 10.1. The second-order valence-electron chi connectivity index (χ2n) is 6.10. The summed E-state index contributed by atoms with van der Waals surface area (Å²) in [5, 5.41) is 8.04. The fraction of sp³-hybridized carbons (Fsp3) is 0.158. The van der Waals surface area contributed by atoms with E-state index in [0.717, 1.165) is 28.2 Å². The predicted molar refractivity (Wildman–Crippen MR) is 101 cm³/mol. The molecule has 0 aliphatic carbocycles. The average molecular weight is 352 g/mol. The number of nitrogens with zero attached hydrogens (tertiary/aromatic N) is 4. The van der Waals surface area contributed by atoms with E-state index < -0.39 is 0 Å². The number of hydrogen-bond acceptors (Lipinski definition) is 3. The number of rotatable bonds is 4. The van der Waals surface area contributed by atoms with Gasteiger partial charge in [0.05, 0.1) is 5.69 Å². The van der Waals surface area contributed by atoms with Gasteiger partial charge in [-0.3, -0.25) is 4.68 Å². The molecule has 0 atom stereocenters. The van der Waals surface area contributed by atoms with Gasteiger partial charge in [-0.15, -0.1) is 0 Å². The van der Waals surface area contributed by atoms with E-state index in [-0.39, 0.29) is 0 Å². The summed E-state index contributed by atoms with van der Waals surface area (Å²) < 4.78 is 3.77. The molecule has 0 saturated heterocycles. The van der Waals surface area contributed by atoms with Crippen LogP contribution in [0.1, 0.15) is 11.1 Å². The molecule has 5 nitrogen and oxygen atoms in total. The Labute approximate surface area is 150 Å². The van der Waals surface area contributed by atoms with Gasteiger partial charge in [0.2, 0.25) is 0 Å². The molecule has 4 rings (SSSR count). The van der Waals surface area contributed by atoms with Crippen molar-refractivity contribution >= 4 is 22.9 Å². The third kappa shape index (κ3) is 3.10. The van der Waals surface area contributed by atoms with Crippen LogP contribution >= 0.6 is 11.6 Å². The molecule has 6 heteroatoms. The molecule has 0 fully saturated rings. The van der Waals surface area contributed by atoms with E-state index in [1.54, 1.807) is 4.68 Å². The minimum absolute atomic E-state index is 0.534. The summed E-state index contributed by atoms with van der Waals surface area (Å²) in [6.07, 6.45) is 6.00. The lowest BCUT2D eigenvalue weighted by molar-refractivity contribution is 0.767. The monoisotopic (exact) mass is 351 g/mol. The minimum atomic E-state index is 0.534. The summed E-state index contributed by atoms with van der Waals surface area (Å²) in [4.78, 5) is 4.73. The van der Waals surface area contributed by atoms with E-state index >= 15 is 0 Å². The van der Waals surface area contributed by atoms with Crippen molar-refractivity contribution < 1.29 is 0 Å². The van der Waals surface area contributed by atoms with Gasteiger partial charge in [-0.2, -0.15) is 5.10 Å². The van der Waals surface area contributed by atoms with E-state index in [9.17, 15) is 0 Å². The van der Waals surface area contributed by atoms with Crippen LogP contribution < -0.4 is 5.32 Å². The van der Waals surface area contributed by atoms with E-state index in [2.05, 4.69) is 58.3 Å². The van der Waals surface area contributed by atoms with E-state index in [4.69, 9.17) is 16.6 Å². The second kappa shape index (κ2) is 6.26. The number of fused-ring (bicyclic) bond motifs is 1. The zero-order valence-corrected chi connectivity index (χ0v) is 14.8. The number of imidazole rings is 1. The minimum Gasteiger partial charge on any atom is -0.381 e. The maximum absolute atomic E-state index is 6.09. The average Bonchev–Trinajstić information content (AvgIpc) is 3.17. The van der Waals surface area contributed by atoms with Crippen LogP contribution in [0.3, 0.4) is 0 Å². The predicted octanol–water partition coefficient (Wildman–Crippen LogP) is 4.31. The van der Waals surface area contributed by atoms with Gasteiger partial charge in [-0.05, 0) is 30.7 Å². The number of anilines is 1. The van der Waals surface area contributed by atoms with Crippen molar-refractivity contribution in [2.75, 3.05) is 5.32 Å². The molecule has 0 bridgehead atoms. The summed E-state index contributed by atoms with van der Waals surface area (Å²) >= 11 is 6.09. The molecule has 0 spiro atoms. The lowest BCUT2D eigenvalue weighted by Gasteiger charge is -2.06. The molecule has 0 aliphatic heterocycles. The fourth-order valence-corrected chi connectivity index (χ4v) is 3.11. The van der Waals surface area contributed by atoms with Crippen molar-refractivity contribution in [1.82, 2.24) is 19.2 Å². The van der Waals surface area contributed by atoms with Gasteiger partial charge in [0.15, 0.2) is 5.15 Å². The molecule has 25 heavy (non-hydrogen) atoms. The molecule has 1 N–H and O–H groups in total. The molecule has 0 amide bonds. The first-order valence-corrected chi connectivity index (χ1v) is 8.44. The normalized spacial score (nSPS) is 11.2. The summed E-state index contributed by atoms with van der Waals surface area (Å²) in [5.41, 5.74) is 6.23. The van der Waals surface area contributed by atoms with Crippen molar-refractivity contribution in [1.29, 1.82) is 0 Å². The first-order chi connectivity index (χ1) is 12.1. The highest BCUT2D eigenvalue weighted by molar-refractivity contribution is 6.30. The molecular weight excluding hydrogens is 334 g/mol. The number of hydrogen-bond donors (Lipinski definition) is 1. The number of benzene rings is 1. The first-order valence-electron chi connectivity index (χ1n) is 8.07. The van der Waals surface area contributed by atoms with Gasteiger partial charge in [0, 0.05) is 49.0 Å². The highest BCUT2D eigenvalue weighted by Gasteiger charge is 2.07. The Morgan fingerprint density at radius 2 is 1.92 bits per heavy atom. The molecule has 3 heterocycles. The van der Waals surface area contributed by atoms with Gasteiger partial charge in [-0.1, -0.05) is 29.8 Å². The molecule has 0 unspecified atom stereocenters. The van der Waals surface area contributed by atoms with Crippen LogP contribution in [0.15, 0.2) is 55.0 Å². The van der Waals surface area contributed by atoms with Crippen LogP contribution in [0.2, 0.25) is 5.15 Å². The van der Waals surface area contributed by atoms with Gasteiger partial charge in [0.25, 0.3) is 0 Å². The van der Waals surface area contributed by atoms with Gasteiger partial charge < -0.3 is 9.72 Å². The number of pyridine rings is 1. The van der Waals surface area contributed by atoms with Crippen LogP contribution in [0.5, 0.6) is 0 Å². The maximum Gasteiger partial charge on any atom is 0.156 e. The third-order valence-corrected chi connectivity index (χ3v) is 4.51. The summed E-state index contributed by atoms with van der Waals surface area (Å²) in [6.45, 7) is 2.71. The zero-order valence-electron chi connectivity index (χ0n) is 14.1. The second-order valence-corrected chi connectivity index (χ2v) is 6.46. The van der Waals surface area contributed by atoms with Crippen LogP contribution in [0.4, 0.5) is 5.69 Å². The van der Waals surface area contributed by atoms with Crippen LogP contribution in [-0.4, -0.2) is 19.2 Å². The van der Waals surface area contributed by atoms with Crippen LogP contribution in [0, 0.1) is 6.92 Å². The van der Waals surface area contributed by atoms with Crippen LogP contribution in [-0.2, 0) is 13.6 Å². The Kier molecular flexibility index (Phi) is 3.93. The van der Waals surface area contributed by atoms with Crippen molar-refractivity contribution in [3.8, 4) is 11.3 Å². The van der Waals surface area contributed by atoms with E-state index in [0.29, 0.717) is 11.7 Å². The van der Waals surface area contributed by atoms with Crippen molar-refractivity contribution in [2.45, 2.75) is 13.5 Å². The molecule has 3 aromatic heterocycles. The molecule has 126 valence electrons. The Bertz CT molecular complexity index is 1030. The highest BCUT2D eigenvalue weighted by Crippen LogP contribution is 2.23. The molecule has 0 saturated carbocycles. The molecule has 1 aromatic carbocycles. The highest BCUT2D eigenvalue weighted by atomic mass is 35.5. The summed E-state index contributed by atoms with van der Waals surface area (Å²) in [6, 6.07) is 12.4. The smallest absolute Gasteiger partial charge is 0.156 e. The largest absolute Gasteiger partial charge is 0.381 e. The summed E-state index contributed by atoms with van der Waals surface area (Å²) in [7, 11) is 1.86. The topological polar surface area (TPSA) is 47.1 Å². The van der Waals surface area contributed by atoms with E-state index in [1.807, 2.05) is 25.5 Å².